The average Bonchev–Trinajstić information content (AvgIpc) is 3.09. The standard InChI is InChI=1S/C15H15N7O2S/c1-6(2)9-7(4-16)13(18)20-15-10(9)11(17)12(25-15)14(23)19-8-5-22(3)21-24-8/h5-6H,1-3H3,(H4-,17,18,19,20,21,23)/p+1. The van der Waals surface area contributed by atoms with Crippen molar-refractivity contribution >= 4 is 44.9 Å². The number of nitrogens with zero attached hydrogens (tertiary/aromatic N) is 4. The Hall–Kier alpha value is -3.19. The number of aryl methyl sites for hydroxylation is 1. The molecule has 5 N–H and O–H groups in total. The molecule has 0 spiro atoms. The van der Waals surface area contributed by atoms with Gasteiger partial charge in [0.05, 0.1) is 11.3 Å². The Morgan fingerprint density at radius 3 is 2.76 bits per heavy atom. The first-order chi connectivity index (χ1) is 11.8. The normalized spacial score (nSPS) is 11.0. The molecular weight excluding hydrogens is 342 g/mol. The molecule has 0 aliphatic heterocycles. The highest BCUT2D eigenvalue weighted by molar-refractivity contribution is 7.21. The molecule has 0 saturated heterocycles. The van der Waals surface area contributed by atoms with Gasteiger partial charge in [-0.2, -0.15) is 5.26 Å². The smallest absolute Gasteiger partial charge is 0.302 e. The number of fused-ring (bicyclic) bond motifs is 1. The minimum atomic E-state index is -0.441. The number of anilines is 3. The first kappa shape index (κ1) is 16.7. The van der Waals surface area contributed by atoms with E-state index in [9.17, 15) is 10.1 Å². The zero-order chi connectivity index (χ0) is 18.3. The molecule has 0 atom stereocenters. The van der Waals surface area contributed by atoms with Crippen LogP contribution in [0.15, 0.2) is 10.7 Å². The summed E-state index contributed by atoms with van der Waals surface area (Å²) in [5.41, 5.74) is 13.4. The van der Waals surface area contributed by atoms with Crippen LogP contribution in [0.5, 0.6) is 0 Å². The molecule has 9 nitrogen and oxygen atoms in total. The molecule has 3 aromatic rings. The Morgan fingerprint density at radius 2 is 2.20 bits per heavy atom. The molecule has 3 rings (SSSR count). The number of pyridine rings is 1. The number of nitrogens with two attached hydrogens (primary N) is 2. The quantitative estimate of drug-likeness (QED) is 0.601. The lowest BCUT2D eigenvalue weighted by atomic mass is 9.95. The molecular formula is C15H16N7O2S+. The van der Waals surface area contributed by atoms with Crippen molar-refractivity contribution in [1.82, 2.24) is 10.3 Å². The Kier molecular flexibility index (Phi) is 4.02. The number of rotatable bonds is 3. The summed E-state index contributed by atoms with van der Waals surface area (Å²) in [7, 11) is 1.66. The van der Waals surface area contributed by atoms with Crippen molar-refractivity contribution in [2.75, 3.05) is 16.8 Å². The largest absolute Gasteiger partial charge is 0.397 e. The van der Waals surface area contributed by atoms with E-state index >= 15 is 0 Å². The zero-order valence-corrected chi connectivity index (χ0v) is 14.6. The van der Waals surface area contributed by atoms with Crippen LogP contribution in [0.3, 0.4) is 0 Å². The zero-order valence-electron chi connectivity index (χ0n) is 13.8. The molecule has 128 valence electrons. The maximum Gasteiger partial charge on any atom is 0.302 e. The molecule has 0 aliphatic carbocycles. The van der Waals surface area contributed by atoms with Crippen LogP contribution in [0.2, 0.25) is 0 Å². The molecule has 0 bridgehead atoms. The SMILES string of the molecule is CC(C)c1c(C#N)c(N)nc2sc(C(=O)Nc3c[n+](C)no3)c(N)c12. The van der Waals surface area contributed by atoms with Gasteiger partial charge in [-0.25, -0.2) is 4.98 Å². The molecule has 0 fully saturated rings. The molecule has 3 aromatic heterocycles. The van der Waals surface area contributed by atoms with E-state index in [0.29, 0.717) is 21.3 Å². The van der Waals surface area contributed by atoms with Crippen LogP contribution < -0.4 is 21.5 Å². The molecule has 25 heavy (non-hydrogen) atoms. The summed E-state index contributed by atoms with van der Waals surface area (Å²) in [4.78, 5) is 17.6. The van der Waals surface area contributed by atoms with Crippen LogP contribution in [0.1, 0.15) is 40.6 Å². The summed E-state index contributed by atoms with van der Waals surface area (Å²) in [5, 5.41) is 16.2. The second-order valence-corrected chi connectivity index (χ2v) is 6.77. The highest BCUT2D eigenvalue weighted by Gasteiger charge is 2.25. The lowest BCUT2D eigenvalue weighted by molar-refractivity contribution is -0.739. The monoisotopic (exact) mass is 358 g/mol. The fourth-order valence-electron chi connectivity index (χ4n) is 2.61. The number of aromatic nitrogens is 3. The number of nitrogens with one attached hydrogen (secondary N) is 1. The van der Waals surface area contributed by atoms with Crippen molar-refractivity contribution in [2.24, 2.45) is 7.05 Å². The second kappa shape index (κ2) is 6.03. The van der Waals surface area contributed by atoms with Crippen LogP contribution in [-0.4, -0.2) is 16.2 Å². The lowest BCUT2D eigenvalue weighted by Crippen LogP contribution is -2.28. The predicted molar refractivity (Wildman–Crippen MR) is 92.9 cm³/mol. The van der Waals surface area contributed by atoms with Gasteiger partial charge in [0, 0.05) is 5.39 Å². The third-order valence-corrected chi connectivity index (χ3v) is 4.75. The number of amides is 1. The molecule has 0 radical (unpaired) electrons. The topological polar surface area (TPSA) is 148 Å². The van der Waals surface area contributed by atoms with Gasteiger partial charge in [-0.15, -0.1) is 11.3 Å². The van der Waals surface area contributed by atoms with Crippen LogP contribution in [-0.2, 0) is 7.05 Å². The first-order valence-electron chi connectivity index (χ1n) is 7.38. The first-order valence-corrected chi connectivity index (χ1v) is 8.20. The molecule has 0 unspecified atom stereocenters. The van der Waals surface area contributed by atoms with Crippen molar-refractivity contribution in [2.45, 2.75) is 19.8 Å². The van der Waals surface area contributed by atoms with Gasteiger partial charge in [-0.05, 0) is 11.5 Å². The van der Waals surface area contributed by atoms with E-state index in [2.05, 4.69) is 21.6 Å². The van der Waals surface area contributed by atoms with Crippen LogP contribution in [0.4, 0.5) is 17.4 Å². The Morgan fingerprint density at radius 1 is 1.48 bits per heavy atom. The Bertz CT molecular complexity index is 1030. The summed E-state index contributed by atoms with van der Waals surface area (Å²) in [5.74, 6) is -0.125. The fourth-order valence-corrected chi connectivity index (χ4v) is 3.63. The molecule has 3 heterocycles. The summed E-state index contributed by atoms with van der Waals surface area (Å²) >= 11 is 1.12. The van der Waals surface area contributed by atoms with E-state index < -0.39 is 5.91 Å². The number of hydrogen-bond acceptors (Lipinski definition) is 8. The van der Waals surface area contributed by atoms with Gasteiger partial charge in [-0.1, -0.05) is 18.5 Å². The van der Waals surface area contributed by atoms with E-state index in [1.165, 1.54) is 10.9 Å². The third kappa shape index (κ3) is 2.74. The number of hydrogen-bond donors (Lipinski definition) is 3. The maximum atomic E-state index is 12.5. The Labute approximate surface area is 146 Å². The lowest BCUT2D eigenvalue weighted by Gasteiger charge is -2.12. The van der Waals surface area contributed by atoms with Gasteiger partial charge in [0.2, 0.25) is 0 Å². The minimum absolute atomic E-state index is 0.0106. The van der Waals surface area contributed by atoms with E-state index in [1.807, 2.05) is 13.8 Å². The van der Waals surface area contributed by atoms with Crippen LogP contribution in [0.25, 0.3) is 10.2 Å². The molecule has 10 heteroatoms. The van der Waals surface area contributed by atoms with Crippen LogP contribution >= 0.6 is 11.3 Å². The summed E-state index contributed by atoms with van der Waals surface area (Å²) in [6, 6.07) is 2.08. The molecule has 0 aliphatic rings. The number of carbonyl (C=O) groups is 1. The van der Waals surface area contributed by atoms with E-state index in [4.69, 9.17) is 16.0 Å². The van der Waals surface area contributed by atoms with Crippen LogP contribution in [0, 0.1) is 11.3 Å². The van der Waals surface area contributed by atoms with Gasteiger partial charge in [0.1, 0.15) is 21.6 Å². The summed E-state index contributed by atoms with van der Waals surface area (Å²) < 4.78 is 6.37. The van der Waals surface area contributed by atoms with Crippen molar-refractivity contribution in [3.8, 4) is 6.07 Å². The average molecular weight is 358 g/mol. The van der Waals surface area contributed by atoms with Crippen molar-refractivity contribution in [1.29, 1.82) is 5.26 Å². The summed E-state index contributed by atoms with van der Waals surface area (Å²) in [6.45, 7) is 3.86. The third-order valence-electron chi connectivity index (χ3n) is 3.65. The fraction of sp³-hybridized carbons (Fsp3) is 0.267. The second-order valence-electron chi connectivity index (χ2n) is 5.77. The van der Waals surface area contributed by atoms with Gasteiger partial charge < -0.3 is 11.5 Å². The highest BCUT2D eigenvalue weighted by Crippen LogP contribution is 2.40. The van der Waals surface area contributed by atoms with E-state index in [0.717, 1.165) is 11.3 Å². The molecule has 0 aromatic carbocycles. The van der Waals surface area contributed by atoms with E-state index in [-0.39, 0.29) is 28.2 Å². The van der Waals surface area contributed by atoms with Crippen molar-refractivity contribution in [3.05, 3.63) is 22.2 Å². The Balaban J connectivity index is 2.15. The molecule has 0 saturated carbocycles. The predicted octanol–water partition coefficient (Wildman–Crippen LogP) is 1.52. The highest BCUT2D eigenvalue weighted by atomic mass is 32.1. The van der Waals surface area contributed by atoms with Gasteiger partial charge >= 0.3 is 5.88 Å². The van der Waals surface area contributed by atoms with Gasteiger partial charge in [0.15, 0.2) is 12.3 Å². The van der Waals surface area contributed by atoms with Crippen molar-refractivity contribution in [3.63, 3.8) is 0 Å². The van der Waals surface area contributed by atoms with E-state index in [1.54, 1.807) is 7.05 Å². The number of nitriles is 1. The summed E-state index contributed by atoms with van der Waals surface area (Å²) in [6.07, 6.45) is 1.52. The number of thiophene rings is 1. The van der Waals surface area contributed by atoms with Gasteiger partial charge in [0.25, 0.3) is 12.1 Å². The molecule has 1 amide bonds. The minimum Gasteiger partial charge on any atom is -0.397 e. The number of carbonyl (C=O) groups excluding carboxylic acids is 1. The van der Waals surface area contributed by atoms with Gasteiger partial charge in [-0.3, -0.25) is 14.6 Å². The maximum absolute atomic E-state index is 12.5. The number of nitrogen functional groups attached to an aromatic ring is 2. The van der Waals surface area contributed by atoms with Crippen molar-refractivity contribution < 1.29 is 14.0 Å².